The van der Waals surface area contributed by atoms with E-state index in [2.05, 4.69) is 5.32 Å². The maximum atomic E-state index is 10.5. The third-order valence-electron chi connectivity index (χ3n) is 1.37. The van der Waals surface area contributed by atoms with Crippen LogP contribution in [-0.4, -0.2) is 19.0 Å². The van der Waals surface area contributed by atoms with Crippen molar-refractivity contribution >= 4 is 5.91 Å². The Labute approximate surface area is 78.7 Å². The number of carbonyl (C=O) groups is 1. The fraction of sp³-hybridized carbons (Fsp3) is 0.889. The van der Waals surface area contributed by atoms with Gasteiger partial charge < -0.3 is 11.1 Å². The average molecular weight is 178 g/mol. The fourth-order valence-electron chi connectivity index (χ4n) is 0.436. The Bertz CT molecular complexity index is 130. The van der Waals surface area contributed by atoms with Gasteiger partial charge in [-0.2, -0.15) is 0 Å². The molecule has 3 N–H and O–H groups in total. The molecular formula is C9H26N2O. The second-order valence-corrected chi connectivity index (χ2v) is 3.28. The largest absolute Gasteiger partial charge is 0.356 e. The number of nitrogens with one attached hydrogen (secondary N) is 1. The molecule has 0 aromatic carbocycles. The van der Waals surface area contributed by atoms with E-state index in [1.165, 1.54) is 6.92 Å². The van der Waals surface area contributed by atoms with Crippen molar-refractivity contribution in [2.75, 3.05) is 13.1 Å². The molecule has 0 heterocycles. The SMILES string of the molecule is CC.CC(=O)NCC(C)(C)CN.[HH].[HH]. The summed E-state index contributed by atoms with van der Waals surface area (Å²) in [5.74, 6) is 0.00141. The minimum Gasteiger partial charge on any atom is -0.356 e. The second kappa shape index (κ2) is 7.10. The lowest BCUT2D eigenvalue weighted by Crippen LogP contribution is -2.37. The first-order valence-corrected chi connectivity index (χ1v) is 4.42. The fourth-order valence-corrected chi connectivity index (χ4v) is 0.436. The Hall–Kier alpha value is -0.570. The van der Waals surface area contributed by atoms with Gasteiger partial charge in [0.05, 0.1) is 0 Å². The van der Waals surface area contributed by atoms with Gasteiger partial charge in [0.2, 0.25) is 5.91 Å². The van der Waals surface area contributed by atoms with Crippen LogP contribution in [0.15, 0.2) is 0 Å². The molecule has 0 aliphatic carbocycles. The molecule has 3 nitrogen and oxygen atoms in total. The molecule has 0 saturated carbocycles. The quantitative estimate of drug-likeness (QED) is 0.690. The van der Waals surface area contributed by atoms with Crippen LogP contribution < -0.4 is 11.1 Å². The number of hydrogen-bond donors (Lipinski definition) is 2. The lowest BCUT2D eigenvalue weighted by Gasteiger charge is -2.21. The molecule has 0 aromatic rings. The normalized spacial score (nSPS) is 9.83. The van der Waals surface area contributed by atoms with Crippen molar-refractivity contribution in [1.82, 2.24) is 5.32 Å². The van der Waals surface area contributed by atoms with Gasteiger partial charge >= 0.3 is 0 Å². The van der Waals surface area contributed by atoms with E-state index in [1.807, 2.05) is 27.7 Å². The zero-order chi connectivity index (χ0) is 10.2. The molecular weight excluding hydrogens is 152 g/mol. The predicted octanol–water partition coefficient (Wildman–Crippen LogP) is 1.63. The van der Waals surface area contributed by atoms with E-state index in [-0.39, 0.29) is 14.2 Å². The van der Waals surface area contributed by atoms with Crippen LogP contribution in [0.2, 0.25) is 0 Å². The predicted molar refractivity (Wildman–Crippen MR) is 57.1 cm³/mol. The standard InChI is InChI=1S/C7H16N2O.C2H6.2H2/c1-6(10)9-5-7(2,3)4-8;1-2;;/h4-5,8H2,1-3H3,(H,9,10);1-2H3;2*1H. The molecule has 78 valence electrons. The third-order valence-corrected chi connectivity index (χ3v) is 1.37. The van der Waals surface area contributed by atoms with Crippen molar-refractivity contribution in [3.8, 4) is 0 Å². The highest BCUT2D eigenvalue weighted by Crippen LogP contribution is 2.09. The van der Waals surface area contributed by atoms with Gasteiger partial charge in [0.15, 0.2) is 0 Å². The van der Waals surface area contributed by atoms with Crippen LogP contribution in [0.5, 0.6) is 0 Å². The Kier molecular flexibility index (Phi) is 8.27. The molecule has 0 atom stereocenters. The molecule has 0 aromatic heterocycles. The first-order chi connectivity index (χ1) is 5.48. The van der Waals surface area contributed by atoms with Crippen LogP contribution in [0.25, 0.3) is 0 Å². The third kappa shape index (κ3) is 9.43. The summed E-state index contributed by atoms with van der Waals surface area (Å²) in [5, 5.41) is 2.72. The van der Waals surface area contributed by atoms with E-state index in [1.54, 1.807) is 0 Å². The summed E-state index contributed by atoms with van der Waals surface area (Å²) in [6.07, 6.45) is 0. The lowest BCUT2D eigenvalue weighted by molar-refractivity contribution is -0.119. The molecule has 0 unspecified atom stereocenters. The summed E-state index contributed by atoms with van der Waals surface area (Å²) in [7, 11) is 0. The topological polar surface area (TPSA) is 55.1 Å². The molecule has 0 spiro atoms. The van der Waals surface area contributed by atoms with Gasteiger partial charge in [0.1, 0.15) is 0 Å². The van der Waals surface area contributed by atoms with Crippen LogP contribution in [0.4, 0.5) is 0 Å². The van der Waals surface area contributed by atoms with Gasteiger partial charge in [-0.1, -0.05) is 27.7 Å². The van der Waals surface area contributed by atoms with Crippen molar-refractivity contribution in [1.29, 1.82) is 0 Å². The molecule has 0 radical (unpaired) electrons. The molecule has 0 aliphatic heterocycles. The van der Waals surface area contributed by atoms with Crippen LogP contribution in [0.1, 0.15) is 37.5 Å². The van der Waals surface area contributed by atoms with Gasteiger partial charge in [0, 0.05) is 16.3 Å². The highest BCUT2D eigenvalue weighted by molar-refractivity contribution is 5.72. The van der Waals surface area contributed by atoms with Crippen LogP contribution >= 0.6 is 0 Å². The van der Waals surface area contributed by atoms with Crippen LogP contribution in [-0.2, 0) is 4.79 Å². The summed E-state index contributed by atoms with van der Waals surface area (Å²) >= 11 is 0. The lowest BCUT2D eigenvalue weighted by atomic mass is 9.94. The summed E-state index contributed by atoms with van der Waals surface area (Å²) in [6, 6.07) is 0. The zero-order valence-electron chi connectivity index (χ0n) is 8.90. The highest BCUT2D eigenvalue weighted by atomic mass is 16.1. The van der Waals surface area contributed by atoms with Gasteiger partial charge in [-0.3, -0.25) is 4.79 Å². The monoisotopic (exact) mass is 178 g/mol. The maximum absolute atomic E-state index is 10.5. The van der Waals surface area contributed by atoms with E-state index >= 15 is 0 Å². The molecule has 0 bridgehead atoms. The van der Waals surface area contributed by atoms with Crippen molar-refractivity contribution in [2.45, 2.75) is 34.6 Å². The molecule has 12 heavy (non-hydrogen) atoms. The minimum atomic E-state index is 0. The zero-order valence-corrected chi connectivity index (χ0v) is 8.90. The number of carbonyl (C=O) groups excluding carboxylic acids is 1. The molecule has 0 rings (SSSR count). The Morgan fingerprint density at radius 3 is 2.17 bits per heavy atom. The number of nitrogens with two attached hydrogens (primary N) is 1. The smallest absolute Gasteiger partial charge is 0.216 e. The van der Waals surface area contributed by atoms with Gasteiger partial charge in [-0.25, -0.2) is 0 Å². The van der Waals surface area contributed by atoms with Gasteiger partial charge in [-0.15, -0.1) is 0 Å². The second-order valence-electron chi connectivity index (χ2n) is 3.28. The number of amides is 1. The first kappa shape index (κ1) is 14.0. The number of rotatable bonds is 3. The van der Waals surface area contributed by atoms with Crippen molar-refractivity contribution < 1.29 is 7.65 Å². The van der Waals surface area contributed by atoms with Crippen molar-refractivity contribution in [3.05, 3.63) is 0 Å². The van der Waals surface area contributed by atoms with E-state index < -0.39 is 0 Å². The Morgan fingerprint density at radius 1 is 1.50 bits per heavy atom. The Morgan fingerprint density at radius 2 is 1.92 bits per heavy atom. The first-order valence-electron chi connectivity index (χ1n) is 4.42. The molecule has 0 fully saturated rings. The molecule has 3 heteroatoms. The molecule has 1 amide bonds. The van der Waals surface area contributed by atoms with Crippen LogP contribution in [0, 0.1) is 5.41 Å². The summed E-state index contributed by atoms with van der Waals surface area (Å²) in [4.78, 5) is 10.5. The van der Waals surface area contributed by atoms with E-state index in [4.69, 9.17) is 5.73 Å². The minimum absolute atomic E-state index is 0. The number of hydrogen-bond acceptors (Lipinski definition) is 2. The van der Waals surface area contributed by atoms with Crippen molar-refractivity contribution in [3.63, 3.8) is 0 Å². The van der Waals surface area contributed by atoms with Gasteiger partial charge in [0.25, 0.3) is 0 Å². The summed E-state index contributed by atoms with van der Waals surface area (Å²) in [5.41, 5.74) is 5.46. The van der Waals surface area contributed by atoms with E-state index in [9.17, 15) is 4.79 Å². The Balaban J connectivity index is -0.000000117. The summed E-state index contributed by atoms with van der Waals surface area (Å²) < 4.78 is 0. The average Bonchev–Trinajstić information content (AvgIpc) is 2.05. The molecule has 0 saturated heterocycles. The van der Waals surface area contributed by atoms with E-state index in [0.717, 1.165) is 0 Å². The highest BCUT2D eigenvalue weighted by Gasteiger charge is 2.14. The summed E-state index contributed by atoms with van der Waals surface area (Å²) in [6.45, 7) is 10.8. The van der Waals surface area contributed by atoms with E-state index in [0.29, 0.717) is 13.1 Å². The van der Waals surface area contributed by atoms with Crippen LogP contribution in [0.3, 0.4) is 0 Å². The van der Waals surface area contributed by atoms with Crippen molar-refractivity contribution in [2.24, 2.45) is 11.1 Å². The molecule has 0 aliphatic rings. The maximum Gasteiger partial charge on any atom is 0.216 e. The van der Waals surface area contributed by atoms with Gasteiger partial charge in [-0.05, 0) is 12.0 Å².